The van der Waals surface area contributed by atoms with E-state index in [-0.39, 0.29) is 6.42 Å². The highest BCUT2D eigenvalue weighted by Gasteiger charge is 2.14. The summed E-state index contributed by atoms with van der Waals surface area (Å²) in [7, 11) is 1.43. The maximum atomic E-state index is 11.0. The van der Waals surface area contributed by atoms with Crippen LogP contribution in [0.15, 0.2) is 18.2 Å². The molecule has 0 aliphatic heterocycles. The minimum absolute atomic E-state index is 0.124. The first-order valence-electron chi connectivity index (χ1n) is 5.30. The first-order chi connectivity index (χ1) is 8.43. The van der Waals surface area contributed by atoms with Gasteiger partial charge in [-0.15, -0.1) is 0 Å². The third-order valence-electron chi connectivity index (χ3n) is 2.24. The van der Waals surface area contributed by atoms with Crippen LogP contribution in [0.5, 0.6) is 11.5 Å². The monoisotopic (exact) mass is 253 g/mol. The van der Waals surface area contributed by atoms with Gasteiger partial charge in [-0.25, -0.2) is 0 Å². The number of carbonyl (C=O) groups is 2. The summed E-state index contributed by atoms with van der Waals surface area (Å²) in [4.78, 5) is 21.5. The van der Waals surface area contributed by atoms with Crippen molar-refractivity contribution in [2.75, 3.05) is 7.11 Å². The molecule has 0 radical (unpaired) electrons. The van der Waals surface area contributed by atoms with E-state index in [0.29, 0.717) is 17.1 Å². The van der Waals surface area contributed by atoms with Gasteiger partial charge < -0.3 is 20.3 Å². The summed E-state index contributed by atoms with van der Waals surface area (Å²) in [6, 6.07) is 4.47. The van der Waals surface area contributed by atoms with Gasteiger partial charge in [-0.1, -0.05) is 0 Å². The molecule has 6 heteroatoms. The van der Waals surface area contributed by atoms with Crippen molar-refractivity contribution in [3.63, 3.8) is 0 Å². The average molecular weight is 253 g/mol. The van der Waals surface area contributed by atoms with Crippen molar-refractivity contribution < 1.29 is 24.2 Å². The molecular formula is C12H15NO5. The predicted molar refractivity (Wildman–Crippen MR) is 63.9 cm³/mol. The van der Waals surface area contributed by atoms with Gasteiger partial charge in [0.15, 0.2) is 11.5 Å². The van der Waals surface area contributed by atoms with Gasteiger partial charge in [0.2, 0.25) is 5.91 Å². The second-order valence-electron chi connectivity index (χ2n) is 3.76. The zero-order chi connectivity index (χ0) is 13.7. The Balaban J connectivity index is 2.88. The molecule has 0 saturated heterocycles. The highest BCUT2D eigenvalue weighted by molar-refractivity contribution is 5.93. The molecule has 1 atom stereocenters. The van der Waals surface area contributed by atoms with E-state index in [0.717, 1.165) is 0 Å². The number of carboxylic acid groups (broad SMARTS) is 1. The maximum absolute atomic E-state index is 11.0. The standard InChI is InChI=1S/C12H15NO5/c1-7(5-11(14)15)18-9-4-3-8(12(13)16)6-10(9)17-2/h3-4,6-7H,5H2,1-2H3,(H2,13,16)(H,14,15)/t7-/m1/s1. The third-order valence-corrected chi connectivity index (χ3v) is 2.24. The second-order valence-corrected chi connectivity index (χ2v) is 3.76. The fraction of sp³-hybridized carbons (Fsp3) is 0.333. The highest BCUT2D eigenvalue weighted by atomic mass is 16.5. The first-order valence-corrected chi connectivity index (χ1v) is 5.30. The molecule has 0 bridgehead atoms. The van der Waals surface area contributed by atoms with Crippen LogP contribution < -0.4 is 15.2 Å². The minimum Gasteiger partial charge on any atom is -0.493 e. The Morgan fingerprint density at radius 2 is 2.06 bits per heavy atom. The lowest BCUT2D eigenvalue weighted by Crippen LogP contribution is -2.17. The molecular weight excluding hydrogens is 238 g/mol. The van der Waals surface area contributed by atoms with Gasteiger partial charge in [0.05, 0.1) is 13.5 Å². The van der Waals surface area contributed by atoms with Gasteiger partial charge in [-0.3, -0.25) is 9.59 Å². The van der Waals surface area contributed by atoms with Crippen LogP contribution in [-0.2, 0) is 4.79 Å². The summed E-state index contributed by atoms with van der Waals surface area (Å²) >= 11 is 0. The molecule has 1 aromatic rings. The number of methoxy groups -OCH3 is 1. The highest BCUT2D eigenvalue weighted by Crippen LogP contribution is 2.29. The molecule has 0 aliphatic rings. The Morgan fingerprint density at radius 1 is 1.39 bits per heavy atom. The van der Waals surface area contributed by atoms with Gasteiger partial charge in [0.1, 0.15) is 6.10 Å². The fourth-order valence-corrected chi connectivity index (χ4v) is 1.42. The lowest BCUT2D eigenvalue weighted by molar-refractivity contribution is -0.138. The molecule has 3 N–H and O–H groups in total. The number of benzene rings is 1. The van der Waals surface area contributed by atoms with Crippen molar-refractivity contribution in [2.24, 2.45) is 5.73 Å². The number of rotatable bonds is 6. The quantitative estimate of drug-likeness (QED) is 0.789. The van der Waals surface area contributed by atoms with Gasteiger partial charge in [0, 0.05) is 5.56 Å². The summed E-state index contributed by atoms with van der Waals surface area (Å²) in [5, 5.41) is 8.63. The normalized spacial score (nSPS) is 11.7. The van der Waals surface area contributed by atoms with Crippen LogP contribution in [0.25, 0.3) is 0 Å². The number of carbonyl (C=O) groups excluding carboxylic acids is 1. The number of hydrogen-bond donors (Lipinski definition) is 2. The molecule has 0 fully saturated rings. The first kappa shape index (κ1) is 13.8. The van der Waals surface area contributed by atoms with Crippen molar-refractivity contribution in [1.29, 1.82) is 0 Å². The van der Waals surface area contributed by atoms with E-state index < -0.39 is 18.0 Å². The molecule has 0 aromatic heterocycles. The van der Waals surface area contributed by atoms with Gasteiger partial charge in [0.25, 0.3) is 0 Å². The van der Waals surface area contributed by atoms with E-state index in [2.05, 4.69) is 0 Å². The van der Waals surface area contributed by atoms with Crippen LogP contribution >= 0.6 is 0 Å². The van der Waals surface area contributed by atoms with E-state index >= 15 is 0 Å². The van der Waals surface area contributed by atoms with Crippen LogP contribution in [0.2, 0.25) is 0 Å². The molecule has 0 spiro atoms. The Bertz CT molecular complexity index is 458. The van der Waals surface area contributed by atoms with Crippen LogP contribution in [0.3, 0.4) is 0 Å². The summed E-state index contributed by atoms with van der Waals surface area (Å²) in [6.07, 6.45) is -0.628. The molecule has 0 heterocycles. The SMILES string of the molecule is COc1cc(C(N)=O)ccc1O[C@H](C)CC(=O)O. The van der Waals surface area contributed by atoms with Crippen molar-refractivity contribution in [3.8, 4) is 11.5 Å². The van der Waals surface area contributed by atoms with Crippen molar-refractivity contribution in [1.82, 2.24) is 0 Å². The topological polar surface area (TPSA) is 98.9 Å². The Labute approximate surface area is 104 Å². The number of carboxylic acids is 1. The number of hydrogen-bond acceptors (Lipinski definition) is 4. The van der Waals surface area contributed by atoms with Crippen LogP contribution in [0.4, 0.5) is 0 Å². The molecule has 1 rings (SSSR count). The average Bonchev–Trinajstić information content (AvgIpc) is 2.27. The van der Waals surface area contributed by atoms with Crippen molar-refractivity contribution in [3.05, 3.63) is 23.8 Å². The van der Waals surface area contributed by atoms with E-state index in [1.807, 2.05) is 0 Å². The zero-order valence-corrected chi connectivity index (χ0v) is 10.2. The number of amides is 1. The van der Waals surface area contributed by atoms with Gasteiger partial charge in [-0.05, 0) is 25.1 Å². The summed E-state index contributed by atoms with van der Waals surface area (Å²) in [6.45, 7) is 1.63. The predicted octanol–water partition coefficient (Wildman–Crippen LogP) is 1.04. The van der Waals surface area contributed by atoms with E-state index in [4.69, 9.17) is 20.3 Å². The minimum atomic E-state index is -0.949. The third kappa shape index (κ3) is 3.65. The molecule has 0 aliphatic carbocycles. The van der Waals surface area contributed by atoms with Crippen molar-refractivity contribution >= 4 is 11.9 Å². The summed E-state index contributed by atoms with van der Waals surface area (Å²) < 4.78 is 10.5. The molecule has 1 amide bonds. The molecule has 1 aromatic carbocycles. The van der Waals surface area contributed by atoms with Gasteiger partial charge >= 0.3 is 5.97 Å². The van der Waals surface area contributed by atoms with Crippen LogP contribution in [0.1, 0.15) is 23.7 Å². The van der Waals surface area contributed by atoms with E-state index in [9.17, 15) is 9.59 Å². The maximum Gasteiger partial charge on any atom is 0.307 e. The largest absolute Gasteiger partial charge is 0.493 e. The molecule has 0 unspecified atom stereocenters. The molecule has 0 saturated carbocycles. The lowest BCUT2D eigenvalue weighted by atomic mass is 10.2. The molecule has 98 valence electrons. The van der Waals surface area contributed by atoms with Gasteiger partial charge in [-0.2, -0.15) is 0 Å². The number of aliphatic carboxylic acids is 1. The molecule has 18 heavy (non-hydrogen) atoms. The smallest absolute Gasteiger partial charge is 0.307 e. The Kier molecular flexibility index (Phi) is 4.53. The van der Waals surface area contributed by atoms with E-state index in [1.54, 1.807) is 6.92 Å². The number of primary amides is 1. The second kappa shape index (κ2) is 5.90. The van der Waals surface area contributed by atoms with Crippen LogP contribution in [-0.4, -0.2) is 30.2 Å². The Hall–Kier alpha value is -2.24. The summed E-state index contributed by atoms with van der Waals surface area (Å²) in [5.41, 5.74) is 5.44. The zero-order valence-electron chi connectivity index (χ0n) is 10.2. The Morgan fingerprint density at radius 3 is 2.56 bits per heavy atom. The van der Waals surface area contributed by atoms with E-state index in [1.165, 1.54) is 25.3 Å². The van der Waals surface area contributed by atoms with Crippen LogP contribution in [0, 0.1) is 0 Å². The fourth-order valence-electron chi connectivity index (χ4n) is 1.42. The lowest BCUT2D eigenvalue weighted by Gasteiger charge is -2.15. The summed E-state index contributed by atoms with van der Waals surface area (Å²) in [5.74, 6) is -0.812. The van der Waals surface area contributed by atoms with Crippen molar-refractivity contribution in [2.45, 2.75) is 19.4 Å². The number of ether oxygens (including phenoxy) is 2. The molecule has 6 nitrogen and oxygen atoms in total. The number of nitrogens with two attached hydrogens (primary N) is 1.